The van der Waals surface area contributed by atoms with Gasteiger partial charge < -0.3 is 5.32 Å². The van der Waals surface area contributed by atoms with Crippen molar-refractivity contribution in [2.75, 3.05) is 6.54 Å². The summed E-state index contributed by atoms with van der Waals surface area (Å²) < 4.78 is 25.3. The maximum absolute atomic E-state index is 12.7. The van der Waals surface area contributed by atoms with E-state index in [0.717, 1.165) is 17.5 Å². The summed E-state index contributed by atoms with van der Waals surface area (Å²) in [5, 5.41) is 2.70. The van der Waals surface area contributed by atoms with Gasteiger partial charge in [0.25, 0.3) is 5.91 Å². The van der Waals surface area contributed by atoms with Gasteiger partial charge in [0, 0.05) is 24.1 Å². The molecule has 5 heteroatoms. The zero-order valence-electron chi connectivity index (χ0n) is 12.4. The molecule has 1 aliphatic heterocycles. The normalized spacial score (nSPS) is 15.2. The first-order valence-corrected chi connectivity index (χ1v) is 7.43. The molecule has 1 aliphatic carbocycles. The number of rotatable bonds is 0. The van der Waals surface area contributed by atoms with E-state index in [1.165, 1.54) is 30.3 Å². The molecule has 0 atom stereocenters. The minimum Gasteiger partial charge on any atom is -0.352 e. The van der Waals surface area contributed by atoms with Gasteiger partial charge in [0.2, 0.25) is 0 Å². The molecule has 0 saturated carbocycles. The monoisotopic (exact) mass is 315 g/mol. The number of halogens is 2. The zero-order chi connectivity index (χ0) is 16.4. The molecule has 0 unspecified atom stereocenters. The summed E-state index contributed by atoms with van der Waals surface area (Å²) in [5.74, 6) is -0.488. The van der Waals surface area contributed by atoms with Gasteiger partial charge in [-0.05, 0) is 60.4 Å². The van der Waals surface area contributed by atoms with Crippen molar-refractivity contribution in [2.24, 2.45) is 0 Å². The molecule has 0 bridgehead atoms. The average molecular weight is 315 g/mol. The van der Waals surface area contributed by atoms with Gasteiger partial charge in [-0.3, -0.25) is 9.59 Å². The molecule has 1 amide bonds. The predicted molar refractivity (Wildman–Crippen MR) is 81.5 cm³/mol. The van der Waals surface area contributed by atoms with Crippen molar-refractivity contribution in [3.63, 3.8) is 0 Å². The van der Waals surface area contributed by atoms with Crippen molar-refractivity contribution < 1.29 is 18.4 Å². The van der Waals surface area contributed by atoms with Crippen LogP contribution in [0.2, 0.25) is 0 Å². The Hall–Kier alpha value is -2.56. The van der Waals surface area contributed by atoms with Crippen LogP contribution in [0.1, 0.15) is 38.3 Å². The molecule has 2 aromatic carbocycles. The minimum atomic E-state index is -0.275. The van der Waals surface area contributed by atoms with Crippen LogP contribution in [0.4, 0.5) is 8.78 Å². The van der Waals surface area contributed by atoms with Crippen LogP contribution >= 0.6 is 0 Å². The molecule has 0 fully saturated rings. The molecule has 0 saturated heterocycles. The molecule has 2 aromatic rings. The van der Waals surface area contributed by atoms with E-state index in [1.54, 1.807) is 6.07 Å². The number of hydrogen-bond donors (Lipinski definition) is 1. The van der Waals surface area contributed by atoms with E-state index in [9.17, 15) is 18.4 Å². The number of carbonyl (C=O) groups is 2. The number of nitrogens with one attached hydrogen (secondary N) is 1. The summed E-state index contributed by atoms with van der Waals surface area (Å²) in [5.41, 5.74) is 2.96. The fourth-order valence-electron chi connectivity index (χ4n) is 2.82. The van der Waals surface area contributed by atoms with E-state index >= 15 is 0 Å². The second kappa shape index (κ2) is 6.28. The van der Waals surface area contributed by atoms with Gasteiger partial charge >= 0.3 is 0 Å². The van der Waals surface area contributed by atoms with Crippen molar-refractivity contribution in [2.45, 2.75) is 19.3 Å². The summed E-state index contributed by atoms with van der Waals surface area (Å²) in [6.45, 7) is 0.606. The van der Waals surface area contributed by atoms with Gasteiger partial charge in [-0.25, -0.2) is 8.78 Å². The molecule has 0 aromatic heterocycles. The van der Waals surface area contributed by atoms with E-state index < -0.39 is 0 Å². The number of fused-ring (bicyclic) bond motifs is 2. The molecule has 0 radical (unpaired) electrons. The number of benzene rings is 2. The molecule has 4 rings (SSSR count). The largest absolute Gasteiger partial charge is 0.352 e. The van der Waals surface area contributed by atoms with Crippen LogP contribution in [0.15, 0.2) is 36.4 Å². The molecule has 118 valence electrons. The first kappa shape index (κ1) is 15.3. The molecule has 1 heterocycles. The molecule has 3 nitrogen and oxygen atoms in total. The Balaban J connectivity index is 0.000000136. The summed E-state index contributed by atoms with van der Waals surface area (Å²) in [4.78, 5) is 22.2. The Kier molecular flexibility index (Phi) is 4.19. The van der Waals surface area contributed by atoms with Crippen molar-refractivity contribution in [1.82, 2.24) is 5.32 Å². The Morgan fingerprint density at radius 2 is 1.39 bits per heavy atom. The predicted octanol–water partition coefficient (Wildman–Crippen LogP) is 3.07. The van der Waals surface area contributed by atoms with Crippen LogP contribution < -0.4 is 5.32 Å². The zero-order valence-corrected chi connectivity index (χ0v) is 12.4. The van der Waals surface area contributed by atoms with Crippen molar-refractivity contribution in [3.05, 3.63) is 70.3 Å². The Morgan fingerprint density at radius 1 is 0.783 bits per heavy atom. The lowest BCUT2D eigenvalue weighted by Crippen LogP contribution is -2.31. The summed E-state index contributed by atoms with van der Waals surface area (Å²) >= 11 is 0. The van der Waals surface area contributed by atoms with Crippen molar-refractivity contribution >= 4 is 11.7 Å². The van der Waals surface area contributed by atoms with Crippen LogP contribution in [0, 0.1) is 11.6 Å². The van der Waals surface area contributed by atoms with Gasteiger partial charge in [0.1, 0.15) is 11.6 Å². The number of ketones is 1. The van der Waals surface area contributed by atoms with Crippen LogP contribution in [0.25, 0.3) is 0 Å². The lowest BCUT2D eigenvalue weighted by molar-refractivity contribution is 0.0944. The summed E-state index contributed by atoms with van der Waals surface area (Å²) in [7, 11) is 0. The highest BCUT2D eigenvalue weighted by molar-refractivity contribution is 6.00. The third kappa shape index (κ3) is 3.28. The highest BCUT2D eigenvalue weighted by atomic mass is 19.1. The topological polar surface area (TPSA) is 46.2 Å². The quantitative estimate of drug-likeness (QED) is 0.812. The van der Waals surface area contributed by atoms with E-state index in [-0.39, 0.29) is 23.3 Å². The van der Waals surface area contributed by atoms with Crippen LogP contribution in [0.5, 0.6) is 0 Å². The van der Waals surface area contributed by atoms with Crippen molar-refractivity contribution in [1.29, 1.82) is 0 Å². The fraction of sp³-hybridized carbons (Fsp3) is 0.222. The number of hydrogen-bond acceptors (Lipinski definition) is 2. The maximum Gasteiger partial charge on any atom is 0.251 e. The third-order valence-corrected chi connectivity index (χ3v) is 3.98. The van der Waals surface area contributed by atoms with E-state index in [2.05, 4.69) is 5.32 Å². The Bertz CT molecular complexity index is 787. The first-order chi connectivity index (χ1) is 11.0. The highest BCUT2D eigenvalue weighted by Gasteiger charge is 2.19. The van der Waals surface area contributed by atoms with Gasteiger partial charge in [-0.15, -0.1) is 0 Å². The van der Waals surface area contributed by atoms with Gasteiger partial charge in [-0.1, -0.05) is 0 Å². The van der Waals surface area contributed by atoms with E-state index in [4.69, 9.17) is 0 Å². The Morgan fingerprint density at radius 3 is 2.09 bits per heavy atom. The van der Waals surface area contributed by atoms with Gasteiger partial charge in [-0.2, -0.15) is 0 Å². The Labute approximate surface area is 132 Å². The van der Waals surface area contributed by atoms with E-state index in [1.807, 2.05) is 0 Å². The highest BCUT2D eigenvalue weighted by Crippen LogP contribution is 2.22. The molecular formula is C18H15F2NO2. The second-order valence-electron chi connectivity index (χ2n) is 5.53. The standard InChI is InChI=1S/C9H8FNO.C9H7FO/c10-7-1-2-8-6(5-7)3-4-11-9(8)12;10-7-2-3-8-6(5-7)1-4-9(8)11/h1-2,5H,3-4H2,(H,11,12);2-3,5H,1,4H2. The summed E-state index contributed by atoms with van der Waals surface area (Å²) in [6.07, 6.45) is 1.96. The minimum absolute atomic E-state index is 0.101. The molecule has 2 aliphatic rings. The van der Waals surface area contributed by atoms with Crippen LogP contribution in [0.3, 0.4) is 0 Å². The molecule has 1 N–H and O–H groups in total. The SMILES string of the molecule is O=C1CCc2cc(F)ccc21.O=C1NCCc2cc(F)ccc21. The molecule has 23 heavy (non-hydrogen) atoms. The van der Waals surface area contributed by atoms with E-state index in [0.29, 0.717) is 30.5 Å². The fourth-order valence-corrected chi connectivity index (χ4v) is 2.82. The number of aryl methyl sites for hydroxylation is 1. The number of amides is 1. The first-order valence-electron chi connectivity index (χ1n) is 7.43. The number of carbonyl (C=O) groups excluding carboxylic acids is 2. The smallest absolute Gasteiger partial charge is 0.251 e. The molecular weight excluding hydrogens is 300 g/mol. The van der Waals surface area contributed by atoms with Crippen LogP contribution in [-0.2, 0) is 12.8 Å². The van der Waals surface area contributed by atoms with Gasteiger partial charge in [0.05, 0.1) is 0 Å². The van der Waals surface area contributed by atoms with Gasteiger partial charge in [0.15, 0.2) is 5.78 Å². The maximum atomic E-state index is 12.7. The lowest BCUT2D eigenvalue weighted by Gasteiger charge is -2.15. The van der Waals surface area contributed by atoms with Crippen molar-refractivity contribution in [3.8, 4) is 0 Å². The average Bonchev–Trinajstić information content (AvgIpc) is 2.88. The summed E-state index contributed by atoms with van der Waals surface area (Å²) in [6, 6.07) is 8.61. The lowest BCUT2D eigenvalue weighted by atomic mass is 10.0. The number of Topliss-reactive ketones (excluding diaryl/α,β-unsaturated/α-hetero) is 1. The third-order valence-electron chi connectivity index (χ3n) is 3.98. The van der Waals surface area contributed by atoms with Crippen LogP contribution in [-0.4, -0.2) is 18.2 Å². The second-order valence-corrected chi connectivity index (χ2v) is 5.53. The molecule has 0 spiro atoms.